The van der Waals surface area contributed by atoms with Crippen LogP contribution in [-0.2, 0) is 14.6 Å². The zero-order chi connectivity index (χ0) is 13.2. The molecule has 4 nitrogen and oxygen atoms in total. The van der Waals surface area contributed by atoms with E-state index in [-0.39, 0.29) is 11.9 Å². The SMILES string of the molecule is O=C(CS(=O)(=O)CC1CCCO1)c1ccc(Cl)s1. The summed E-state index contributed by atoms with van der Waals surface area (Å²) in [6.45, 7) is 0.606. The first kappa shape index (κ1) is 14.0. The van der Waals surface area contributed by atoms with E-state index in [1.807, 2.05) is 0 Å². The quantitative estimate of drug-likeness (QED) is 0.782. The number of sulfone groups is 1. The molecule has 1 aliphatic rings. The molecule has 18 heavy (non-hydrogen) atoms. The molecular formula is C11H13ClO4S2. The highest BCUT2D eigenvalue weighted by atomic mass is 35.5. The summed E-state index contributed by atoms with van der Waals surface area (Å²) in [5.74, 6) is -0.938. The summed E-state index contributed by atoms with van der Waals surface area (Å²) in [7, 11) is -3.41. The molecule has 1 atom stereocenters. The number of ether oxygens (including phenoxy) is 1. The van der Waals surface area contributed by atoms with Crippen molar-refractivity contribution in [2.45, 2.75) is 18.9 Å². The Kier molecular flexibility index (Phi) is 4.42. The van der Waals surface area contributed by atoms with Crippen molar-refractivity contribution in [1.82, 2.24) is 0 Å². The lowest BCUT2D eigenvalue weighted by Crippen LogP contribution is -2.25. The molecule has 1 fully saturated rings. The van der Waals surface area contributed by atoms with Gasteiger partial charge in [0.05, 0.1) is 21.1 Å². The fraction of sp³-hybridized carbons (Fsp3) is 0.545. The minimum atomic E-state index is -3.41. The molecule has 100 valence electrons. The normalized spacial score (nSPS) is 20.2. The van der Waals surface area contributed by atoms with Crippen LogP contribution < -0.4 is 0 Å². The third-order valence-electron chi connectivity index (χ3n) is 2.66. The maximum atomic E-state index is 11.8. The van der Waals surface area contributed by atoms with Gasteiger partial charge in [0.1, 0.15) is 5.75 Å². The third-order valence-corrected chi connectivity index (χ3v) is 5.52. The molecule has 0 bridgehead atoms. The monoisotopic (exact) mass is 308 g/mol. The summed E-state index contributed by atoms with van der Waals surface area (Å²) in [6, 6.07) is 3.14. The summed E-state index contributed by atoms with van der Waals surface area (Å²) in [5, 5.41) is 0. The molecule has 0 aliphatic carbocycles. The molecule has 1 aromatic heterocycles. The molecule has 2 rings (SSSR count). The van der Waals surface area contributed by atoms with Crippen LogP contribution in [0, 0.1) is 0 Å². The van der Waals surface area contributed by atoms with Crippen molar-refractivity contribution in [2.75, 3.05) is 18.1 Å². The van der Waals surface area contributed by atoms with Crippen LogP contribution in [0.15, 0.2) is 12.1 Å². The Labute approximate surface area is 115 Å². The molecule has 0 amide bonds. The van der Waals surface area contributed by atoms with Gasteiger partial charge in [0.15, 0.2) is 15.6 Å². The van der Waals surface area contributed by atoms with Gasteiger partial charge in [-0.05, 0) is 25.0 Å². The first-order valence-corrected chi connectivity index (χ1v) is 8.58. The van der Waals surface area contributed by atoms with Gasteiger partial charge in [0, 0.05) is 6.61 Å². The summed E-state index contributed by atoms with van der Waals surface area (Å²) < 4.78 is 29.4. The van der Waals surface area contributed by atoms with E-state index in [0.29, 0.717) is 15.8 Å². The molecular weight excluding hydrogens is 296 g/mol. The summed E-state index contributed by atoms with van der Waals surface area (Å²) in [4.78, 5) is 12.2. The minimum absolute atomic E-state index is 0.0716. The summed E-state index contributed by atoms with van der Waals surface area (Å²) in [5.41, 5.74) is 0. The van der Waals surface area contributed by atoms with Gasteiger partial charge in [-0.1, -0.05) is 11.6 Å². The van der Waals surface area contributed by atoms with Gasteiger partial charge in [0.25, 0.3) is 0 Å². The Hall–Kier alpha value is -0.430. The third kappa shape index (κ3) is 3.78. The largest absolute Gasteiger partial charge is 0.377 e. The van der Waals surface area contributed by atoms with Crippen LogP contribution in [0.25, 0.3) is 0 Å². The van der Waals surface area contributed by atoms with E-state index in [4.69, 9.17) is 16.3 Å². The van der Waals surface area contributed by atoms with Gasteiger partial charge < -0.3 is 4.74 Å². The number of thiophene rings is 1. The van der Waals surface area contributed by atoms with Crippen molar-refractivity contribution in [3.63, 3.8) is 0 Å². The second-order valence-electron chi connectivity index (χ2n) is 4.22. The molecule has 0 spiro atoms. The number of rotatable bonds is 5. The lowest BCUT2D eigenvalue weighted by atomic mass is 10.3. The number of hydrogen-bond donors (Lipinski definition) is 0. The number of carbonyl (C=O) groups is 1. The van der Waals surface area contributed by atoms with Gasteiger partial charge in [-0.2, -0.15) is 0 Å². The average Bonchev–Trinajstić information content (AvgIpc) is 2.87. The molecule has 1 aromatic rings. The Morgan fingerprint density at radius 2 is 2.28 bits per heavy atom. The Bertz CT molecular complexity index is 529. The molecule has 1 unspecified atom stereocenters. The van der Waals surface area contributed by atoms with Crippen LogP contribution in [0.1, 0.15) is 22.5 Å². The van der Waals surface area contributed by atoms with E-state index in [9.17, 15) is 13.2 Å². The van der Waals surface area contributed by atoms with Gasteiger partial charge >= 0.3 is 0 Å². The molecule has 1 saturated heterocycles. The van der Waals surface area contributed by atoms with E-state index in [1.54, 1.807) is 12.1 Å². The fourth-order valence-electron chi connectivity index (χ4n) is 1.85. The zero-order valence-corrected chi connectivity index (χ0v) is 12.0. The van der Waals surface area contributed by atoms with E-state index < -0.39 is 21.4 Å². The average molecular weight is 309 g/mol. The van der Waals surface area contributed by atoms with Crippen molar-refractivity contribution in [3.05, 3.63) is 21.3 Å². The van der Waals surface area contributed by atoms with Gasteiger partial charge in [-0.25, -0.2) is 8.42 Å². The van der Waals surface area contributed by atoms with Crippen LogP contribution >= 0.6 is 22.9 Å². The van der Waals surface area contributed by atoms with Crippen LogP contribution in [0.3, 0.4) is 0 Å². The van der Waals surface area contributed by atoms with Crippen molar-refractivity contribution >= 4 is 38.6 Å². The Morgan fingerprint density at radius 3 is 2.83 bits per heavy atom. The van der Waals surface area contributed by atoms with Crippen molar-refractivity contribution in [3.8, 4) is 0 Å². The van der Waals surface area contributed by atoms with Crippen molar-refractivity contribution in [1.29, 1.82) is 0 Å². The molecule has 0 saturated carbocycles. The Morgan fingerprint density at radius 1 is 1.50 bits per heavy atom. The highest BCUT2D eigenvalue weighted by molar-refractivity contribution is 7.92. The molecule has 7 heteroatoms. The van der Waals surface area contributed by atoms with Gasteiger partial charge in [-0.3, -0.25) is 4.79 Å². The second-order valence-corrected chi connectivity index (χ2v) is 8.04. The smallest absolute Gasteiger partial charge is 0.187 e. The number of hydrogen-bond acceptors (Lipinski definition) is 5. The zero-order valence-electron chi connectivity index (χ0n) is 9.60. The molecule has 0 N–H and O–H groups in total. The first-order chi connectivity index (χ1) is 8.46. The number of halogens is 1. The maximum Gasteiger partial charge on any atom is 0.187 e. The molecule has 1 aliphatic heterocycles. The maximum absolute atomic E-state index is 11.8. The molecule has 0 radical (unpaired) electrons. The lowest BCUT2D eigenvalue weighted by Gasteiger charge is -2.09. The van der Waals surface area contributed by atoms with Crippen LogP contribution in [0.4, 0.5) is 0 Å². The predicted octanol–water partition coefficient (Wildman–Crippen LogP) is 2.18. The summed E-state index contributed by atoms with van der Waals surface area (Å²) in [6.07, 6.45) is 1.38. The topological polar surface area (TPSA) is 60.4 Å². The van der Waals surface area contributed by atoms with E-state index in [1.165, 1.54) is 0 Å². The predicted molar refractivity (Wildman–Crippen MR) is 71.3 cm³/mol. The standard InChI is InChI=1S/C11H13ClO4S2/c12-11-4-3-10(17-11)9(13)7-18(14,15)6-8-2-1-5-16-8/h3-4,8H,1-2,5-7H2. The van der Waals surface area contributed by atoms with Crippen molar-refractivity contribution < 1.29 is 17.9 Å². The molecule has 0 aromatic carbocycles. The minimum Gasteiger partial charge on any atom is -0.377 e. The highest BCUT2D eigenvalue weighted by Gasteiger charge is 2.26. The first-order valence-electron chi connectivity index (χ1n) is 5.57. The van der Waals surface area contributed by atoms with E-state index in [0.717, 1.165) is 24.2 Å². The fourth-order valence-corrected chi connectivity index (χ4v) is 4.43. The van der Waals surface area contributed by atoms with Crippen LogP contribution in [-0.4, -0.2) is 38.4 Å². The van der Waals surface area contributed by atoms with E-state index >= 15 is 0 Å². The second kappa shape index (κ2) is 5.69. The lowest BCUT2D eigenvalue weighted by molar-refractivity contribution is 0.102. The van der Waals surface area contributed by atoms with Gasteiger partial charge in [-0.15, -0.1) is 11.3 Å². The highest BCUT2D eigenvalue weighted by Crippen LogP contribution is 2.22. The number of carbonyl (C=O) groups excluding carboxylic acids is 1. The Balaban J connectivity index is 1.97. The molecule has 2 heterocycles. The van der Waals surface area contributed by atoms with Crippen LogP contribution in [0.2, 0.25) is 4.34 Å². The number of Topliss-reactive ketones (excluding diaryl/α,β-unsaturated/α-hetero) is 1. The van der Waals surface area contributed by atoms with Crippen LogP contribution in [0.5, 0.6) is 0 Å². The van der Waals surface area contributed by atoms with Crippen molar-refractivity contribution in [2.24, 2.45) is 0 Å². The van der Waals surface area contributed by atoms with Gasteiger partial charge in [0.2, 0.25) is 0 Å². The summed E-state index contributed by atoms with van der Waals surface area (Å²) >= 11 is 6.81. The number of ketones is 1. The van der Waals surface area contributed by atoms with E-state index in [2.05, 4.69) is 0 Å².